The van der Waals surface area contributed by atoms with E-state index in [2.05, 4.69) is 5.32 Å². The van der Waals surface area contributed by atoms with E-state index < -0.39 is 11.6 Å². The summed E-state index contributed by atoms with van der Waals surface area (Å²) >= 11 is 0. The average Bonchev–Trinajstić information content (AvgIpc) is 2.41. The minimum atomic E-state index is -0.549. The highest BCUT2D eigenvalue weighted by molar-refractivity contribution is 5.26. The second-order valence-electron chi connectivity index (χ2n) is 4.97. The molecule has 0 spiro atoms. The van der Waals surface area contributed by atoms with Crippen molar-refractivity contribution >= 4 is 0 Å². The molecule has 0 heterocycles. The van der Waals surface area contributed by atoms with E-state index in [9.17, 15) is 8.78 Å². The molecule has 1 aliphatic carbocycles. The van der Waals surface area contributed by atoms with Gasteiger partial charge in [-0.3, -0.25) is 0 Å². The number of hydrogen-bond acceptors (Lipinski definition) is 3. The van der Waals surface area contributed by atoms with Gasteiger partial charge in [0, 0.05) is 25.1 Å². The zero-order valence-electron chi connectivity index (χ0n) is 11.9. The SMILES string of the molecule is CCCOC1C(NCC)CC1Oc1cc(F)ccc1F. The van der Waals surface area contributed by atoms with Crippen molar-refractivity contribution in [3.8, 4) is 5.75 Å². The van der Waals surface area contributed by atoms with Gasteiger partial charge in [0.15, 0.2) is 11.6 Å². The van der Waals surface area contributed by atoms with Crippen LogP contribution in [-0.2, 0) is 4.74 Å². The third-order valence-electron chi connectivity index (χ3n) is 3.40. The van der Waals surface area contributed by atoms with Gasteiger partial charge in [0.1, 0.15) is 18.0 Å². The predicted octanol–water partition coefficient (Wildman–Crippen LogP) is 2.89. The molecular formula is C15H21F2NO2. The smallest absolute Gasteiger partial charge is 0.165 e. The summed E-state index contributed by atoms with van der Waals surface area (Å²) in [6.07, 6.45) is 1.30. The maximum absolute atomic E-state index is 13.6. The number of nitrogens with one attached hydrogen (secondary N) is 1. The van der Waals surface area contributed by atoms with Crippen molar-refractivity contribution < 1.29 is 18.3 Å². The predicted molar refractivity (Wildman–Crippen MR) is 72.9 cm³/mol. The summed E-state index contributed by atoms with van der Waals surface area (Å²) in [6, 6.07) is 3.45. The highest BCUT2D eigenvalue weighted by Crippen LogP contribution is 2.30. The zero-order chi connectivity index (χ0) is 14.5. The lowest BCUT2D eigenvalue weighted by Crippen LogP contribution is -2.61. The first-order valence-corrected chi connectivity index (χ1v) is 7.12. The summed E-state index contributed by atoms with van der Waals surface area (Å²) in [6.45, 7) is 5.54. The molecule has 2 rings (SSSR count). The van der Waals surface area contributed by atoms with Crippen LogP contribution in [0.25, 0.3) is 0 Å². The third-order valence-corrected chi connectivity index (χ3v) is 3.40. The Hall–Kier alpha value is -1.20. The zero-order valence-corrected chi connectivity index (χ0v) is 11.9. The third kappa shape index (κ3) is 3.46. The Labute approximate surface area is 118 Å². The van der Waals surface area contributed by atoms with E-state index in [4.69, 9.17) is 9.47 Å². The van der Waals surface area contributed by atoms with Gasteiger partial charge in [0.05, 0.1) is 0 Å². The van der Waals surface area contributed by atoms with Crippen molar-refractivity contribution in [1.82, 2.24) is 5.32 Å². The standard InChI is InChI=1S/C15H21F2NO2/c1-3-7-19-15-12(18-4-2)9-14(15)20-13-8-10(16)5-6-11(13)17/h5-6,8,12,14-15,18H,3-4,7,9H2,1-2H3. The highest BCUT2D eigenvalue weighted by Gasteiger charge is 2.43. The molecule has 0 aliphatic heterocycles. The fraction of sp³-hybridized carbons (Fsp3) is 0.600. The molecule has 1 aliphatic rings. The molecule has 0 radical (unpaired) electrons. The van der Waals surface area contributed by atoms with Gasteiger partial charge in [-0.15, -0.1) is 0 Å². The Morgan fingerprint density at radius 1 is 1.30 bits per heavy atom. The van der Waals surface area contributed by atoms with Crippen LogP contribution in [-0.4, -0.2) is 31.4 Å². The van der Waals surface area contributed by atoms with E-state index in [1.165, 1.54) is 0 Å². The molecule has 3 unspecified atom stereocenters. The van der Waals surface area contributed by atoms with Crippen LogP contribution in [0.4, 0.5) is 8.78 Å². The van der Waals surface area contributed by atoms with Gasteiger partial charge in [-0.2, -0.15) is 0 Å². The van der Waals surface area contributed by atoms with Crippen LogP contribution in [0, 0.1) is 11.6 Å². The number of likely N-dealkylation sites (N-methyl/N-ethyl adjacent to an activating group) is 1. The lowest BCUT2D eigenvalue weighted by atomic mass is 9.85. The van der Waals surface area contributed by atoms with E-state index in [0.29, 0.717) is 6.61 Å². The second kappa shape index (κ2) is 6.99. The Morgan fingerprint density at radius 3 is 2.80 bits per heavy atom. The maximum atomic E-state index is 13.6. The van der Waals surface area contributed by atoms with Crippen LogP contribution >= 0.6 is 0 Å². The number of rotatable bonds is 7. The minimum Gasteiger partial charge on any atom is -0.484 e. The fourth-order valence-corrected chi connectivity index (χ4v) is 2.37. The molecule has 3 nitrogen and oxygen atoms in total. The molecule has 0 amide bonds. The number of ether oxygens (including phenoxy) is 2. The van der Waals surface area contributed by atoms with Crippen molar-refractivity contribution in [3.63, 3.8) is 0 Å². The van der Waals surface area contributed by atoms with Gasteiger partial charge in [-0.1, -0.05) is 13.8 Å². The lowest BCUT2D eigenvalue weighted by Gasteiger charge is -2.44. The molecule has 0 aromatic heterocycles. The first kappa shape index (κ1) is 15.2. The quantitative estimate of drug-likeness (QED) is 0.835. The lowest BCUT2D eigenvalue weighted by molar-refractivity contribution is -0.108. The molecule has 1 fully saturated rings. The second-order valence-corrected chi connectivity index (χ2v) is 4.97. The molecule has 1 N–H and O–H groups in total. The molecule has 20 heavy (non-hydrogen) atoms. The van der Waals surface area contributed by atoms with Gasteiger partial charge >= 0.3 is 0 Å². The number of hydrogen-bond donors (Lipinski definition) is 1. The Morgan fingerprint density at radius 2 is 2.10 bits per heavy atom. The van der Waals surface area contributed by atoms with E-state index in [1.54, 1.807) is 0 Å². The Balaban J connectivity index is 1.99. The Bertz CT molecular complexity index is 442. The molecule has 5 heteroatoms. The van der Waals surface area contributed by atoms with E-state index >= 15 is 0 Å². The van der Waals surface area contributed by atoms with Crippen molar-refractivity contribution in [2.24, 2.45) is 0 Å². The van der Waals surface area contributed by atoms with Crippen molar-refractivity contribution in [2.45, 2.75) is 44.9 Å². The van der Waals surface area contributed by atoms with Crippen LogP contribution < -0.4 is 10.1 Å². The number of benzene rings is 1. The summed E-state index contributed by atoms with van der Waals surface area (Å²) in [5, 5.41) is 3.31. The summed E-state index contributed by atoms with van der Waals surface area (Å²) in [5.41, 5.74) is 0. The largest absolute Gasteiger partial charge is 0.484 e. The first-order valence-electron chi connectivity index (χ1n) is 7.12. The number of halogens is 2. The molecule has 0 saturated heterocycles. The summed E-state index contributed by atoms with van der Waals surface area (Å²) in [4.78, 5) is 0. The highest BCUT2D eigenvalue weighted by atomic mass is 19.1. The molecule has 112 valence electrons. The van der Waals surface area contributed by atoms with Crippen molar-refractivity contribution in [3.05, 3.63) is 29.8 Å². The van der Waals surface area contributed by atoms with E-state index in [-0.39, 0.29) is 24.0 Å². The first-order chi connectivity index (χ1) is 9.65. The van der Waals surface area contributed by atoms with Crippen LogP contribution in [0.15, 0.2) is 18.2 Å². The van der Waals surface area contributed by atoms with Crippen LogP contribution in [0.1, 0.15) is 26.7 Å². The van der Waals surface area contributed by atoms with Crippen LogP contribution in [0.5, 0.6) is 5.75 Å². The summed E-state index contributed by atoms with van der Waals surface area (Å²) in [7, 11) is 0. The molecule has 1 aromatic carbocycles. The summed E-state index contributed by atoms with van der Waals surface area (Å²) in [5.74, 6) is -1.10. The van der Waals surface area contributed by atoms with Gasteiger partial charge in [-0.05, 0) is 25.1 Å². The fourth-order valence-electron chi connectivity index (χ4n) is 2.37. The van der Waals surface area contributed by atoms with Crippen molar-refractivity contribution in [1.29, 1.82) is 0 Å². The molecular weight excluding hydrogens is 264 g/mol. The topological polar surface area (TPSA) is 30.5 Å². The van der Waals surface area contributed by atoms with Gasteiger partial charge in [0.25, 0.3) is 0 Å². The van der Waals surface area contributed by atoms with Crippen LogP contribution in [0.2, 0.25) is 0 Å². The van der Waals surface area contributed by atoms with E-state index in [1.807, 2.05) is 13.8 Å². The van der Waals surface area contributed by atoms with E-state index in [0.717, 1.165) is 37.6 Å². The minimum absolute atomic E-state index is 0.0463. The van der Waals surface area contributed by atoms with Crippen LogP contribution in [0.3, 0.4) is 0 Å². The average molecular weight is 285 g/mol. The molecule has 1 saturated carbocycles. The molecule has 0 bridgehead atoms. The molecule has 1 aromatic rings. The monoisotopic (exact) mass is 285 g/mol. The Kier molecular flexibility index (Phi) is 5.31. The summed E-state index contributed by atoms with van der Waals surface area (Å²) < 4.78 is 38.0. The maximum Gasteiger partial charge on any atom is 0.165 e. The van der Waals surface area contributed by atoms with Gasteiger partial charge < -0.3 is 14.8 Å². The van der Waals surface area contributed by atoms with Gasteiger partial charge in [0.2, 0.25) is 0 Å². The molecule has 3 atom stereocenters. The van der Waals surface area contributed by atoms with Crippen molar-refractivity contribution in [2.75, 3.05) is 13.2 Å². The van der Waals surface area contributed by atoms with Gasteiger partial charge in [-0.25, -0.2) is 8.78 Å². The normalized spacial score (nSPS) is 25.3.